The molecular formula is C54H44N4. The molecule has 0 saturated heterocycles. The van der Waals surface area contributed by atoms with Crippen LogP contribution in [0.15, 0.2) is 212 Å². The molecule has 0 bridgehead atoms. The van der Waals surface area contributed by atoms with Crippen LogP contribution in [0.1, 0.15) is 26.3 Å². The van der Waals surface area contributed by atoms with Crippen molar-refractivity contribution in [2.75, 3.05) is 9.80 Å². The second kappa shape index (κ2) is 15.7. The summed E-state index contributed by atoms with van der Waals surface area (Å²) in [5.41, 5.74) is 11.2. The van der Waals surface area contributed by atoms with E-state index in [1.54, 1.807) is 0 Å². The number of aromatic nitrogens is 2. The van der Waals surface area contributed by atoms with Gasteiger partial charge in [0, 0.05) is 39.8 Å². The van der Waals surface area contributed by atoms with Gasteiger partial charge in [-0.15, -0.1) is 0 Å². The molecule has 0 amide bonds. The Hall–Kier alpha value is -7.30. The first-order valence-corrected chi connectivity index (χ1v) is 19.8. The second-order valence-corrected chi connectivity index (χ2v) is 15.5. The van der Waals surface area contributed by atoms with Crippen molar-refractivity contribution in [3.8, 4) is 33.8 Å². The predicted molar refractivity (Wildman–Crippen MR) is 244 cm³/mol. The average Bonchev–Trinajstić information content (AvgIpc) is 3.28. The third-order valence-corrected chi connectivity index (χ3v) is 10.6. The van der Waals surface area contributed by atoms with Crippen molar-refractivity contribution >= 4 is 45.0 Å². The fraction of sp³-hybridized carbons (Fsp3) is 0.0741. The van der Waals surface area contributed by atoms with Gasteiger partial charge in [-0.3, -0.25) is 4.90 Å². The minimum atomic E-state index is -0.205. The molecular weight excluding hydrogens is 705 g/mol. The summed E-state index contributed by atoms with van der Waals surface area (Å²) in [5.74, 6) is 1.43. The van der Waals surface area contributed by atoms with Crippen molar-refractivity contribution in [3.63, 3.8) is 0 Å². The molecule has 58 heavy (non-hydrogen) atoms. The molecule has 0 unspecified atom stereocenters. The average molecular weight is 749 g/mol. The van der Waals surface area contributed by atoms with Gasteiger partial charge in [-0.2, -0.15) is 0 Å². The van der Waals surface area contributed by atoms with E-state index in [0.717, 1.165) is 62.2 Å². The highest BCUT2D eigenvalue weighted by molar-refractivity contribution is 6.01. The summed E-state index contributed by atoms with van der Waals surface area (Å²) in [7, 11) is 0. The summed E-state index contributed by atoms with van der Waals surface area (Å²) >= 11 is 0. The molecule has 4 heteroatoms. The highest BCUT2D eigenvalue weighted by Gasteiger charge is 2.29. The second-order valence-electron chi connectivity index (χ2n) is 15.5. The van der Waals surface area contributed by atoms with Crippen LogP contribution in [0.2, 0.25) is 0 Å². The van der Waals surface area contributed by atoms with E-state index in [0.29, 0.717) is 5.82 Å². The van der Waals surface area contributed by atoms with E-state index in [9.17, 15) is 0 Å². The normalized spacial score (nSPS) is 11.4. The lowest BCUT2D eigenvalue weighted by Crippen LogP contribution is -2.20. The third-order valence-electron chi connectivity index (χ3n) is 10.6. The van der Waals surface area contributed by atoms with Crippen molar-refractivity contribution in [1.29, 1.82) is 0 Å². The molecule has 1 aromatic heterocycles. The van der Waals surface area contributed by atoms with Crippen molar-refractivity contribution < 1.29 is 0 Å². The Morgan fingerprint density at radius 1 is 0.379 bits per heavy atom. The van der Waals surface area contributed by atoms with Gasteiger partial charge >= 0.3 is 0 Å². The zero-order valence-corrected chi connectivity index (χ0v) is 33.0. The topological polar surface area (TPSA) is 32.3 Å². The molecule has 0 aliphatic rings. The molecule has 4 nitrogen and oxygen atoms in total. The Bertz CT molecular complexity index is 2700. The van der Waals surface area contributed by atoms with Crippen LogP contribution < -0.4 is 9.80 Å². The van der Waals surface area contributed by atoms with Crippen LogP contribution in [0.25, 0.3) is 44.5 Å². The van der Waals surface area contributed by atoms with Gasteiger partial charge in [0.05, 0.1) is 17.1 Å². The maximum Gasteiger partial charge on any atom is 0.162 e. The van der Waals surface area contributed by atoms with Crippen LogP contribution in [-0.2, 0) is 5.41 Å². The molecule has 0 aliphatic heterocycles. The van der Waals surface area contributed by atoms with Crippen molar-refractivity contribution in [2.45, 2.75) is 26.2 Å². The van der Waals surface area contributed by atoms with E-state index < -0.39 is 0 Å². The Balaban J connectivity index is 1.43. The number of fused-ring (bicyclic) bond motifs is 1. The molecule has 0 N–H and O–H groups in total. The van der Waals surface area contributed by atoms with Crippen LogP contribution in [0, 0.1) is 0 Å². The van der Waals surface area contributed by atoms with Gasteiger partial charge in [0.2, 0.25) is 0 Å². The molecule has 0 aliphatic carbocycles. The van der Waals surface area contributed by atoms with Crippen molar-refractivity contribution in [3.05, 3.63) is 218 Å². The summed E-state index contributed by atoms with van der Waals surface area (Å²) in [5, 5.41) is 2.37. The van der Waals surface area contributed by atoms with Crippen LogP contribution in [0.5, 0.6) is 0 Å². The highest BCUT2D eigenvalue weighted by atomic mass is 15.2. The van der Waals surface area contributed by atoms with E-state index in [2.05, 4.69) is 219 Å². The van der Waals surface area contributed by atoms with Crippen molar-refractivity contribution in [1.82, 2.24) is 9.97 Å². The first-order valence-electron chi connectivity index (χ1n) is 19.8. The quantitative estimate of drug-likeness (QED) is 0.147. The van der Waals surface area contributed by atoms with E-state index in [1.165, 1.54) is 16.3 Å². The molecule has 8 aromatic carbocycles. The van der Waals surface area contributed by atoms with Gasteiger partial charge in [-0.05, 0) is 81.9 Å². The Labute approximate surface area is 341 Å². The lowest BCUT2D eigenvalue weighted by molar-refractivity contribution is 0.590. The lowest BCUT2D eigenvalue weighted by atomic mass is 9.83. The highest BCUT2D eigenvalue weighted by Crippen LogP contribution is 2.51. The van der Waals surface area contributed by atoms with Gasteiger partial charge in [0.1, 0.15) is 5.82 Å². The Kier molecular flexibility index (Phi) is 9.83. The predicted octanol–water partition coefficient (Wildman–Crippen LogP) is 14.9. The maximum atomic E-state index is 5.45. The number of para-hydroxylation sites is 3. The minimum absolute atomic E-state index is 0.205. The molecule has 9 rings (SSSR count). The number of benzene rings is 8. The first-order chi connectivity index (χ1) is 28.4. The SMILES string of the molecule is CC(C)(C)c1cc(N(c2ccccc2)c2ccccc2)c(-c2ccc3ccccc3c2)c(N(c2ccccc2)c2cc(-c3ccccc3)nc(-c3ccccc3)n2)c1. The summed E-state index contributed by atoms with van der Waals surface area (Å²) < 4.78 is 0. The number of rotatable bonds is 9. The van der Waals surface area contributed by atoms with E-state index in [4.69, 9.17) is 9.97 Å². The Morgan fingerprint density at radius 2 is 0.845 bits per heavy atom. The number of nitrogens with zero attached hydrogens (tertiary/aromatic N) is 4. The summed E-state index contributed by atoms with van der Waals surface area (Å²) in [6, 6.07) is 75.0. The van der Waals surface area contributed by atoms with Crippen LogP contribution >= 0.6 is 0 Å². The fourth-order valence-corrected chi connectivity index (χ4v) is 7.61. The molecule has 0 saturated carbocycles. The minimum Gasteiger partial charge on any atom is -0.310 e. The molecule has 0 radical (unpaired) electrons. The molecule has 0 spiro atoms. The largest absolute Gasteiger partial charge is 0.310 e. The van der Waals surface area contributed by atoms with Gasteiger partial charge in [0.15, 0.2) is 5.82 Å². The number of anilines is 6. The summed E-state index contributed by atoms with van der Waals surface area (Å²) in [4.78, 5) is 15.4. The van der Waals surface area contributed by atoms with E-state index in [-0.39, 0.29) is 5.41 Å². The van der Waals surface area contributed by atoms with Gasteiger partial charge in [-0.1, -0.05) is 172 Å². The molecule has 1 heterocycles. The monoisotopic (exact) mass is 748 g/mol. The van der Waals surface area contributed by atoms with Crippen molar-refractivity contribution in [2.24, 2.45) is 0 Å². The van der Waals surface area contributed by atoms with Gasteiger partial charge in [0.25, 0.3) is 0 Å². The van der Waals surface area contributed by atoms with E-state index >= 15 is 0 Å². The van der Waals surface area contributed by atoms with Gasteiger partial charge in [-0.25, -0.2) is 9.97 Å². The zero-order valence-electron chi connectivity index (χ0n) is 33.0. The van der Waals surface area contributed by atoms with Crippen LogP contribution in [0.4, 0.5) is 34.3 Å². The standard InChI is InChI=1S/C54H44N4/c1-54(2,3)44-36-49(57(45-27-13-6-14-28-45)46-29-15-7-16-30-46)52(43-34-33-39-21-19-20-26-42(39)35-43)50(37-44)58(47-31-17-8-18-32-47)51-38-48(40-22-9-4-10-23-40)55-53(56-51)41-24-11-5-12-25-41/h4-38H,1-3H3. The first kappa shape index (κ1) is 36.3. The van der Waals surface area contributed by atoms with Crippen LogP contribution in [-0.4, -0.2) is 9.97 Å². The number of hydrogen-bond donors (Lipinski definition) is 0. The van der Waals surface area contributed by atoms with E-state index in [1.807, 2.05) is 24.3 Å². The smallest absolute Gasteiger partial charge is 0.162 e. The Morgan fingerprint density at radius 3 is 1.40 bits per heavy atom. The lowest BCUT2D eigenvalue weighted by Gasteiger charge is -2.35. The summed E-state index contributed by atoms with van der Waals surface area (Å²) in [6.07, 6.45) is 0. The molecule has 0 fully saturated rings. The third kappa shape index (κ3) is 7.36. The van der Waals surface area contributed by atoms with Gasteiger partial charge < -0.3 is 4.90 Å². The van der Waals surface area contributed by atoms with Crippen LogP contribution in [0.3, 0.4) is 0 Å². The molecule has 0 atom stereocenters. The molecule has 280 valence electrons. The summed E-state index contributed by atoms with van der Waals surface area (Å²) in [6.45, 7) is 6.87. The zero-order chi connectivity index (χ0) is 39.5. The fourth-order valence-electron chi connectivity index (χ4n) is 7.61. The molecule has 9 aromatic rings. The maximum absolute atomic E-state index is 5.45. The number of hydrogen-bond acceptors (Lipinski definition) is 4.